The highest BCUT2D eigenvalue weighted by atomic mass is 16.6. The third kappa shape index (κ3) is 2.08. The fourth-order valence-electron chi connectivity index (χ4n) is 6.60. The van der Waals surface area contributed by atoms with Gasteiger partial charge in [0.05, 0.1) is 13.5 Å². The molecule has 3 fully saturated rings. The first-order valence-corrected chi connectivity index (χ1v) is 9.76. The molecule has 138 valence electrons. The average Bonchev–Trinajstić information content (AvgIpc) is 3.08. The lowest BCUT2D eigenvalue weighted by atomic mass is 9.55. The van der Waals surface area contributed by atoms with Crippen LogP contribution in [-0.2, 0) is 16.0 Å². The predicted octanol–water partition coefficient (Wildman–Crippen LogP) is 3.23. The number of aryl methyl sites for hydroxylation is 1. The van der Waals surface area contributed by atoms with Crippen molar-refractivity contribution in [2.45, 2.75) is 49.7 Å². The largest absolute Gasteiger partial charge is 0.497 e. The summed E-state index contributed by atoms with van der Waals surface area (Å²) in [6.07, 6.45) is 5.78. The maximum atomic E-state index is 11.8. The van der Waals surface area contributed by atoms with Crippen molar-refractivity contribution in [2.75, 3.05) is 7.11 Å². The second-order valence-electron chi connectivity index (χ2n) is 8.58. The molecule has 4 aliphatic rings. The predicted molar refractivity (Wildman–Crippen MR) is 96.9 cm³/mol. The first-order chi connectivity index (χ1) is 12.5. The highest BCUT2D eigenvalue weighted by Crippen LogP contribution is 2.62. The lowest BCUT2D eigenvalue weighted by Gasteiger charge is -2.49. The van der Waals surface area contributed by atoms with E-state index in [-0.39, 0.29) is 24.4 Å². The van der Waals surface area contributed by atoms with E-state index in [2.05, 4.69) is 30.9 Å². The quantitative estimate of drug-likeness (QED) is 0.654. The Kier molecular flexibility index (Phi) is 3.52. The van der Waals surface area contributed by atoms with Crippen molar-refractivity contribution >= 4 is 5.97 Å². The molecule has 0 aromatic heterocycles. The van der Waals surface area contributed by atoms with Gasteiger partial charge in [0, 0.05) is 0 Å². The Bertz CT molecular complexity index is 771. The SMILES string of the molecule is C=CC1CC2C(CC3OC(=O)CC32O)C2CCc3cc(OC)ccc3C12. The topological polar surface area (TPSA) is 55.8 Å². The smallest absolute Gasteiger partial charge is 0.309 e. The molecule has 0 bridgehead atoms. The lowest BCUT2D eigenvalue weighted by Crippen LogP contribution is -2.47. The van der Waals surface area contributed by atoms with Crippen molar-refractivity contribution in [3.05, 3.63) is 42.0 Å². The summed E-state index contributed by atoms with van der Waals surface area (Å²) in [5, 5.41) is 11.3. The van der Waals surface area contributed by atoms with Crippen molar-refractivity contribution in [1.29, 1.82) is 0 Å². The maximum absolute atomic E-state index is 11.8. The minimum atomic E-state index is -0.964. The van der Waals surface area contributed by atoms with Crippen LogP contribution in [0, 0.1) is 23.7 Å². The van der Waals surface area contributed by atoms with E-state index in [4.69, 9.17) is 9.47 Å². The molecule has 26 heavy (non-hydrogen) atoms. The van der Waals surface area contributed by atoms with Crippen molar-refractivity contribution < 1.29 is 19.4 Å². The number of hydrogen-bond acceptors (Lipinski definition) is 4. The Morgan fingerprint density at radius 1 is 1.35 bits per heavy atom. The van der Waals surface area contributed by atoms with Gasteiger partial charge < -0.3 is 14.6 Å². The van der Waals surface area contributed by atoms with Crippen molar-refractivity contribution in [2.24, 2.45) is 23.7 Å². The lowest BCUT2D eigenvalue weighted by molar-refractivity contribution is -0.142. The molecule has 1 aromatic carbocycles. The number of hydrogen-bond donors (Lipinski definition) is 1. The first kappa shape index (κ1) is 16.4. The summed E-state index contributed by atoms with van der Waals surface area (Å²) in [6.45, 7) is 4.11. The van der Waals surface area contributed by atoms with Crippen LogP contribution in [-0.4, -0.2) is 29.9 Å². The summed E-state index contributed by atoms with van der Waals surface area (Å²) in [5.41, 5.74) is 1.85. The van der Waals surface area contributed by atoms with Gasteiger partial charge >= 0.3 is 5.97 Å². The van der Waals surface area contributed by atoms with Gasteiger partial charge in [-0.1, -0.05) is 12.1 Å². The van der Waals surface area contributed by atoms with Gasteiger partial charge in [0.25, 0.3) is 0 Å². The molecule has 7 unspecified atom stereocenters. The van der Waals surface area contributed by atoms with Gasteiger partial charge in [-0.05, 0) is 78.5 Å². The number of carbonyl (C=O) groups is 1. The molecule has 0 radical (unpaired) electrons. The van der Waals surface area contributed by atoms with E-state index in [0.29, 0.717) is 23.7 Å². The number of ether oxygens (including phenoxy) is 2. The molecule has 0 amide bonds. The fraction of sp³-hybridized carbons (Fsp3) is 0.591. The summed E-state index contributed by atoms with van der Waals surface area (Å²) in [4.78, 5) is 11.8. The number of allylic oxidation sites excluding steroid dienone is 1. The van der Waals surface area contributed by atoms with E-state index in [1.54, 1.807) is 7.11 Å². The van der Waals surface area contributed by atoms with Crippen LogP contribution in [0.5, 0.6) is 5.75 Å². The van der Waals surface area contributed by atoms with E-state index in [1.165, 1.54) is 11.1 Å². The molecule has 3 aliphatic carbocycles. The van der Waals surface area contributed by atoms with E-state index in [0.717, 1.165) is 31.4 Å². The zero-order valence-electron chi connectivity index (χ0n) is 15.2. The number of carbonyl (C=O) groups excluding carboxylic acids is 1. The Morgan fingerprint density at radius 3 is 2.96 bits per heavy atom. The van der Waals surface area contributed by atoms with Crippen LogP contribution in [0.4, 0.5) is 0 Å². The van der Waals surface area contributed by atoms with Crippen LogP contribution < -0.4 is 4.74 Å². The monoisotopic (exact) mass is 354 g/mol. The molecule has 7 atom stereocenters. The number of fused-ring (bicyclic) bond motifs is 7. The van der Waals surface area contributed by atoms with Gasteiger partial charge in [-0.3, -0.25) is 4.79 Å². The number of methoxy groups -OCH3 is 1. The zero-order valence-corrected chi connectivity index (χ0v) is 15.2. The van der Waals surface area contributed by atoms with Gasteiger partial charge in [-0.15, -0.1) is 6.58 Å². The molecule has 4 heteroatoms. The molecular weight excluding hydrogens is 328 g/mol. The van der Waals surface area contributed by atoms with Crippen molar-refractivity contribution in [3.8, 4) is 5.75 Å². The summed E-state index contributed by atoms with van der Waals surface area (Å²) in [5.74, 6) is 2.54. The van der Waals surface area contributed by atoms with Crippen LogP contribution in [0.1, 0.15) is 42.7 Å². The molecule has 4 nitrogen and oxygen atoms in total. The molecule has 1 saturated heterocycles. The molecule has 1 aliphatic heterocycles. The summed E-state index contributed by atoms with van der Waals surface area (Å²) in [7, 11) is 1.71. The molecule has 1 N–H and O–H groups in total. The summed E-state index contributed by atoms with van der Waals surface area (Å²) in [6, 6.07) is 6.47. The van der Waals surface area contributed by atoms with E-state index < -0.39 is 5.60 Å². The van der Waals surface area contributed by atoms with Crippen LogP contribution in [0.2, 0.25) is 0 Å². The van der Waals surface area contributed by atoms with Crippen LogP contribution >= 0.6 is 0 Å². The molecule has 1 aromatic rings. The Hall–Kier alpha value is -1.81. The van der Waals surface area contributed by atoms with Crippen LogP contribution in [0.3, 0.4) is 0 Å². The second kappa shape index (κ2) is 5.59. The zero-order chi connectivity index (χ0) is 18.1. The first-order valence-electron chi connectivity index (χ1n) is 9.76. The molecule has 2 saturated carbocycles. The maximum Gasteiger partial charge on any atom is 0.309 e. The highest BCUT2D eigenvalue weighted by molar-refractivity contribution is 5.74. The van der Waals surface area contributed by atoms with Gasteiger partial charge in [0.15, 0.2) is 0 Å². The van der Waals surface area contributed by atoms with E-state index in [9.17, 15) is 9.90 Å². The van der Waals surface area contributed by atoms with Crippen molar-refractivity contribution in [3.63, 3.8) is 0 Å². The number of aliphatic hydroxyl groups is 1. The van der Waals surface area contributed by atoms with Gasteiger partial charge in [-0.25, -0.2) is 0 Å². The van der Waals surface area contributed by atoms with Gasteiger partial charge in [-0.2, -0.15) is 0 Å². The molecular formula is C22H26O4. The van der Waals surface area contributed by atoms with Crippen LogP contribution in [0.15, 0.2) is 30.9 Å². The second-order valence-corrected chi connectivity index (χ2v) is 8.58. The van der Waals surface area contributed by atoms with E-state index >= 15 is 0 Å². The highest BCUT2D eigenvalue weighted by Gasteiger charge is 2.65. The van der Waals surface area contributed by atoms with Crippen LogP contribution in [0.25, 0.3) is 0 Å². The normalized spacial score (nSPS) is 42.9. The standard InChI is InChI=1S/C22H26O4/c1-3-12-9-18-17(10-19-22(18,24)11-20(23)26-19)16-6-4-13-8-14(25-2)5-7-15(13)21(12)16/h3,5,7-8,12,16-19,21,24H,1,4,6,9-11H2,2H3. The average molecular weight is 354 g/mol. The number of esters is 1. The van der Waals surface area contributed by atoms with Gasteiger partial charge in [0.2, 0.25) is 0 Å². The Balaban J connectivity index is 1.54. The Morgan fingerprint density at radius 2 is 2.19 bits per heavy atom. The minimum absolute atomic E-state index is 0.142. The van der Waals surface area contributed by atoms with E-state index in [1.807, 2.05) is 0 Å². The number of rotatable bonds is 2. The number of benzene rings is 1. The minimum Gasteiger partial charge on any atom is -0.497 e. The third-order valence-electron chi connectivity index (χ3n) is 7.66. The summed E-state index contributed by atoms with van der Waals surface area (Å²) < 4.78 is 10.9. The van der Waals surface area contributed by atoms with Gasteiger partial charge in [0.1, 0.15) is 17.5 Å². The fourth-order valence-corrected chi connectivity index (χ4v) is 6.60. The van der Waals surface area contributed by atoms with Crippen molar-refractivity contribution in [1.82, 2.24) is 0 Å². The Labute approximate surface area is 154 Å². The molecule has 5 rings (SSSR count). The molecule has 1 heterocycles. The summed E-state index contributed by atoms with van der Waals surface area (Å²) >= 11 is 0. The third-order valence-corrected chi connectivity index (χ3v) is 7.66. The molecule has 0 spiro atoms.